The van der Waals surface area contributed by atoms with E-state index in [2.05, 4.69) is 9.97 Å². The minimum absolute atomic E-state index is 0.321. The number of aryl methyl sites for hydroxylation is 1. The van der Waals surface area contributed by atoms with Crippen molar-refractivity contribution in [1.29, 1.82) is 0 Å². The van der Waals surface area contributed by atoms with Gasteiger partial charge in [-0.3, -0.25) is 4.98 Å². The predicted molar refractivity (Wildman–Crippen MR) is 66.4 cm³/mol. The Kier molecular flexibility index (Phi) is 4.32. The number of ether oxygens (including phenoxy) is 1. The lowest BCUT2D eigenvalue weighted by Crippen LogP contribution is -2.30. The predicted octanol–water partition coefficient (Wildman–Crippen LogP) is -0.573. The van der Waals surface area contributed by atoms with E-state index in [4.69, 9.17) is 14.8 Å². The van der Waals surface area contributed by atoms with Gasteiger partial charge in [-0.1, -0.05) is 0 Å². The van der Waals surface area contributed by atoms with Gasteiger partial charge in [0.1, 0.15) is 5.75 Å². The first-order valence-corrected chi connectivity index (χ1v) is 5.65. The van der Waals surface area contributed by atoms with Gasteiger partial charge in [0.15, 0.2) is 0 Å². The maximum atomic E-state index is 8.99. The summed E-state index contributed by atoms with van der Waals surface area (Å²) in [6.07, 6.45) is 9.15. The highest BCUT2D eigenvalue weighted by molar-refractivity contribution is 6.58. The van der Waals surface area contributed by atoms with Crippen molar-refractivity contribution in [2.45, 2.75) is 13.0 Å². The summed E-state index contributed by atoms with van der Waals surface area (Å²) in [6, 6.07) is 1.56. The van der Waals surface area contributed by atoms with Gasteiger partial charge in [0, 0.05) is 30.6 Å². The fourth-order valence-corrected chi connectivity index (χ4v) is 1.51. The van der Waals surface area contributed by atoms with Gasteiger partial charge in [-0.25, -0.2) is 4.98 Å². The zero-order chi connectivity index (χ0) is 12.8. The van der Waals surface area contributed by atoms with E-state index in [9.17, 15) is 0 Å². The van der Waals surface area contributed by atoms with E-state index >= 15 is 0 Å². The van der Waals surface area contributed by atoms with E-state index in [1.165, 1.54) is 6.20 Å². The summed E-state index contributed by atoms with van der Waals surface area (Å²) in [5.41, 5.74) is 0.321. The first-order chi connectivity index (χ1) is 8.75. The van der Waals surface area contributed by atoms with Crippen LogP contribution in [0.4, 0.5) is 0 Å². The molecule has 0 aliphatic heterocycles. The number of pyridine rings is 1. The Morgan fingerprint density at radius 3 is 2.89 bits per heavy atom. The average molecular weight is 247 g/mol. The monoisotopic (exact) mass is 247 g/mol. The van der Waals surface area contributed by atoms with Crippen LogP contribution in [-0.2, 0) is 6.54 Å². The summed E-state index contributed by atoms with van der Waals surface area (Å²) in [5.74, 6) is 0.534. The zero-order valence-corrected chi connectivity index (χ0v) is 9.81. The summed E-state index contributed by atoms with van der Waals surface area (Å²) in [6.45, 7) is 1.36. The third-order valence-electron chi connectivity index (χ3n) is 2.42. The van der Waals surface area contributed by atoms with E-state index in [1.54, 1.807) is 24.8 Å². The maximum absolute atomic E-state index is 8.99. The lowest BCUT2D eigenvalue weighted by atomic mass is 9.82. The van der Waals surface area contributed by atoms with Crippen LogP contribution in [-0.4, -0.2) is 38.3 Å². The lowest BCUT2D eigenvalue weighted by Gasteiger charge is -2.07. The Bertz CT molecular complexity index is 476. The number of aromatic nitrogens is 3. The molecule has 94 valence electrons. The van der Waals surface area contributed by atoms with Crippen LogP contribution >= 0.6 is 0 Å². The van der Waals surface area contributed by atoms with Crippen LogP contribution in [0.5, 0.6) is 5.75 Å². The molecule has 0 fully saturated rings. The second kappa shape index (κ2) is 6.18. The van der Waals surface area contributed by atoms with Gasteiger partial charge in [-0.05, 0) is 12.5 Å². The Morgan fingerprint density at radius 1 is 1.28 bits per heavy atom. The number of hydrogen-bond donors (Lipinski definition) is 2. The lowest BCUT2D eigenvalue weighted by molar-refractivity contribution is 0.300. The van der Waals surface area contributed by atoms with Crippen LogP contribution in [0.1, 0.15) is 6.42 Å². The second-order valence-electron chi connectivity index (χ2n) is 3.83. The van der Waals surface area contributed by atoms with Crippen LogP contribution in [0.15, 0.2) is 37.2 Å². The number of imidazole rings is 1. The van der Waals surface area contributed by atoms with E-state index in [-0.39, 0.29) is 0 Å². The van der Waals surface area contributed by atoms with Crippen molar-refractivity contribution in [3.05, 3.63) is 37.2 Å². The number of rotatable bonds is 6. The zero-order valence-electron chi connectivity index (χ0n) is 9.81. The van der Waals surface area contributed by atoms with E-state index in [0.29, 0.717) is 17.8 Å². The smallest absolute Gasteiger partial charge is 0.490 e. The highest BCUT2D eigenvalue weighted by atomic mass is 16.5. The minimum atomic E-state index is -1.52. The van der Waals surface area contributed by atoms with Gasteiger partial charge in [-0.2, -0.15) is 0 Å². The van der Waals surface area contributed by atoms with Crippen LogP contribution < -0.4 is 10.2 Å². The molecule has 2 N–H and O–H groups in total. The number of nitrogens with zero attached hydrogens (tertiary/aromatic N) is 3. The molecule has 2 heterocycles. The van der Waals surface area contributed by atoms with Crippen molar-refractivity contribution in [2.75, 3.05) is 6.61 Å². The number of hydrogen-bond acceptors (Lipinski definition) is 5. The molecular weight excluding hydrogens is 233 g/mol. The third-order valence-corrected chi connectivity index (χ3v) is 2.42. The van der Waals surface area contributed by atoms with Crippen LogP contribution in [0.2, 0.25) is 0 Å². The quantitative estimate of drug-likeness (QED) is 0.527. The van der Waals surface area contributed by atoms with Crippen molar-refractivity contribution in [3.63, 3.8) is 0 Å². The molecule has 0 saturated carbocycles. The summed E-state index contributed by atoms with van der Waals surface area (Å²) < 4.78 is 7.44. The molecule has 2 aromatic rings. The van der Waals surface area contributed by atoms with E-state index in [0.717, 1.165) is 13.0 Å². The van der Waals surface area contributed by atoms with Gasteiger partial charge in [-0.15, -0.1) is 0 Å². The van der Waals surface area contributed by atoms with Gasteiger partial charge in [0.25, 0.3) is 0 Å². The van der Waals surface area contributed by atoms with E-state index < -0.39 is 7.12 Å². The van der Waals surface area contributed by atoms with Crippen LogP contribution in [0.25, 0.3) is 0 Å². The Balaban J connectivity index is 1.78. The molecule has 0 unspecified atom stereocenters. The van der Waals surface area contributed by atoms with Crippen molar-refractivity contribution in [3.8, 4) is 5.75 Å². The molecule has 6 nitrogen and oxygen atoms in total. The summed E-state index contributed by atoms with van der Waals surface area (Å²) >= 11 is 0. The molecule has 0 atom stereocenters. The average Bonchev–Trinajstić information content (AvgIpc) is 2.88. The molecule has 18 heavy (non-hydrogen) atoms. The molecule has 2 aromatic heterocycles. The molecule has 0 aromatic carbocycles. The maximum Gasteiger partial charge on any atom is 0.490 e. The molecule has 0 aliphatic rings. The molecule has 0 amide bonds. The molecule has 0 spiro atoms. The Morgan fingerprint density at radius 2 is 2.17 bits per heavy atom. The third kappa shape index (κ3) is 3.58. The fraction of sp³-hybridized carbons (Fsp3) is 0.273. The molecular formula is C11H14BN3O3. The van der Waals surface area contributed by atoms with Gasteiger partial charge in [0.05, 0.1) is 19.1 Å². The summed E-state index contributed by atoms with van der Waals surface area (Å²) in [7, 11) is -1.52. The highest BCUT2D eigenvalue weighted by Crippen LogP contribution is 2.06. The first kappa shape index (κ1) is 12.6. The highest BCUT2D eigenvalue weighted by Gasteiger charge is 2.11. The molecule has 0 radical (unpaired) electrons. The van der Waals surface area contributed by atoms with Crippen LogP contribution in [0.3, 0.4) is 0 Å². The minimum Gasteiger partial charge on any atom is -0.492 e. The standard InChI is InChI=1S/C11H14BN3O3/c16-12(17)10-6-11(8-14-7-10)18-5-1-3-15-4-2-13-9-15/h2,4,6-9,16-17H,1,3,5H2. The first-order valence-electron chi connectivity index (χ1n) is 5.65. The summed E-state index contributed by atoms with van der Waals surface area (Å²) in [4.78, 5) is 7.82. The van der Waals surface area contributed by atoms with Crippen molar-refractivity contribution >= 4 is 12.6 Å². The molecule has 2 rings (SSSR count). The Labute approximate surface area is 105 Å². The molecule has 0 saturated heterocycles. The van der Waals surface area contributed by atoms with Crippen LogP contribution in [0, 0.1) is 0 Å². The van der Waals surface area contributed by atoms with Crippen molar-refractivity contribution in [2.24, 2.45) is 0 Å². The van der Waals surface area contributed by atoms with Gasteiger partial charge in [0.2, 0.25) is 0 Å². The molecule has 0 bridgehead atoms. The second-order valence-corrected chi connectivity index (χ2v) is 3.83. The van der Waals surface area contributed by atoms with Gasteiger partial charge >= 0.3 is 7.12 Å². The van der Waals surface area contributed by atoms with Gasteiger partial charge < -0.3 is 19.4 Å². The van der Waals surface area contributed by atoms with E-state index in [1.807, 2.05) is 10.8 Å². The summed E-state index contributed by atoms with van der Waals surface area (Å²) in [5, 5.41) is 18.0. The fourth-order valence-electron chi connectivity index (χ4n) is 1.51. The normalized spacial score (nSPS) is 10.3. The Hall–Kier alpha value is -1.86. The SMILES string of the molecule is OB(O)c1cncc(OCCCn2ccnc2)c1. The molecule has 0 aliphatic carbocycles. The van der Waals surface area contributed by atoms with Crippen molar-refractivity contribution < 1.29 is 14.8 Å². The molecule has 7 heteroatoms. The van der Waals surface area contributed by atoms with Crippen molar-refractivity contribution in [1.82, 2.24) is 14.5 Å². The topological polar surface area (TPSA) is 80.4 Å². The largest absolute Gasteiger partial charge is 0.492 e.